The molecule has 0 bridgehead atoms. The molecule has 0 fully saturated rings. The quantitative estimate of drug-likeness (QED) is 0.796. The van der Waals surface area contributed by atoms with E-state index >= 15 is 0 Å². The first-order valence-corrected chi connectivity index (χ1v) is 5.93. The predicted octanol–water partition coefficient (Wildman–Crippen LogP) is 2.42. The van der Waals surface area contributed by atoms with E-state index in [0.29, 0.717) is 6.04 Å². The van der Waals surface area contributed by atoms with Crippen molar-refractivity contribution in [3.63, 3.8) is 0 Å². The van der Waals surface area contributed by atoms with Gasteiger partial charge in [-0.3, -0.25) is 4.68 Å². The Morgan fingerprint density at radius 1 is 1.64 bits per heavy atom. The summed E-state index contributed by atoms with van der Waals surface area (Å²) in [5, 5.41) is 7.68. The Morgan fingerprint density at radius 2 is 2.43 bits per heavy atom. The summed E-state index contributed by atoms with van der Waals surface area (Å²) < 4.78 is 2.99. The molecule has 80 valence electrons. The number of unbranched alkanes of at least 4 members (excludes halogenated alkanes) is 1. The van der Waals surface area contributed by atoms with Gasteiger partial charge in [-0.2, -0.15) is 5.10 Å². The first-order valence-electron chi connectivity index (χ1n) is 5.13. The van der Waals surface area contributed by atoms with Crippen molar-refractivity contribution >= 4 is 15.9 Å². The minimum atomic E-state index is 0.480. The molecule has 1 rings (SSSR count). The third-order valence-electron chi connectivity index (χ3n) is 2.09. The molecular weight excluding hydrogens is 242 g/mol. The number of aromatic nitrogens is 2. The van der Waals surface area contributed by atoms with Gasteiger partial charge < -0.3 is 5.32 Å². The maximum atomic E-state index is 4.21. The second kappa shape index (κ2) is 6.19. The lowest BCUT2D eigenvalue weighted by atomic mass is 10.3. The van der Waals surface area contributed by atoms with Gasteiger partial charge in [-0.15, -0.1) is 0 Å². The zero-order chi connectivity index (χ0) is 10.4. The minimum Gasteiger partial charge on any atom is -0.312 e. The van der Waals surface area contributed by atoms with Crippen LogP contribution in [0.2, 0.25) is 0 Å². The van der Waals surface area contributed by atoms with Gasteiger partial charge in [0.2, 0.25) is 0 Å². The Kier molecular flexibility index (Phi) is 5.19. The van der Waals surface area contributed by atoms with Crippen LogP contribution in [0.4, 0.5) is 0 Å². The van der Waals surface area contributed by atoms with Gasteiger partial charge in [0.1, 0.15) is 0 Å². The molecule has 0 aliphatic rings. The number of nitrogens with zero attached hydrogens (tertiary/aromatic N) is 2. The van der Waals surface area contributed by atoms with Crippen LogP contribution in [-0.2, 0) is 6.54 Å². The Labute approximate surface area is 94.0 Å². The van der Waals surface area contributed by atoms with Crippen molar-refractivity contribution in [3.05, 3.63) is 16.9 Å². The van der Waals surface area contributed by atoms with Crippen LogP contribution in [-0.4, -0.2) is 22.4 Å². The highest BCUT2D eigenvalue weighted by molar-refractivity contribution is 9.10. The molecule has 1 aromatic rings. The van der Waals surface area contributed by atoms with E-state index in [0.717, 1.165) is 17.6 Å². The fourth-order valence-corrected chi connectivity index (χ4v) is 1.64. The van der Waals surface area contributed by atoms with Gasteiger partial charge in [-0.1, -0.05) is 13.3 Å². The fourth-order valence-electron chi connectivity index (χ4n) is 1.31. The monoisotopic (exact) mass is 259 g/mol. The van der Waals surface area contributed by atoms with E-state index in [1.54, 1.807) is 0 Å². The molecule has 1 heterocycles. The van der Waals surface area contributed by atoms with Gasteiger partial charge in [0, 0.05) is 12.2 Å². The number of halogens is 1. The van der Waals surface area contributed by atoms with E-state index in [2.05, 4.69) is 40.2 Å². The third kappa shape index (κ3) is 4.24. The summed E-state index contributed by atoms with van der Waals surface area (Å²) in [5.74, 6) is 0. The van der Waals surface area contributed by atoms with Gasteiger partial charge >= 0.3 is 0 Å². The van der Waals surface area contributed by atoms with Crippen LogP contribution in [0.15, 0.2) is 16.9 Å². The van der Waals surface area contributed by atoms with Crippen molar-refractivity contribution in [1.29, 1.82) is 0 Å². The predicted molar refractivity (Wildman–Crippen MR) is 62.3 cm³/mol. The molecule has 0 radical (unpaired) electrons. The van der Waals surface area contributed by atoms with Crippen LogP contribution < -0.4 is 5.32 Å². The Morgan fingerprint density at radius 3 is 3.00 bits per heavy atom. The maximum Gasteiger partial charge on any atom is 0.0632 e. The molecule has 1 unspecified atom stereocenters. The zero-order valence-corrected chi connectivity index (χ0v) is 10.4. The van der Waals surface area contributed by atoms with Crippen molar-refractivity contribution < 1.29 is 0 Å². The van der Waals surface area contributed by atoms with Gasteiger partial charge in [0.25, 0.3) is 0 Å². The zero-order valence-electron chi connectivity index (χ0n) is 8.83. The summed E-state index contributed by atoms with van der Waals surface area (Å²) in [6.45, 7) is 6.41. The molecule has 3 nitrogen and oxygen atoms in total. The largest absolute Gasteiger partial charge is 0.312 e. The van der Waals surface area contributed by atoms with E-state index in [9.17, 15) is 0 Å². The summed E-state index contributed by atoms with van der Waals surface area (Å²) in [7, 11) is 0. The standard InChI is InChI=1S/C10H18BrN3/c1-3-4-5-12-9(2)7-14-8-10(11)6-13-14/h6,8-9,12H,3-5,7H2,1-2H3. The van der Waals surface area contributed by atoms with Crippen molar-refractivity contribution in [1.82, 2.24) is 15.1 Å². The van der Waals surface area contributed by atoms with Crippen LogP contribution in [0.25, 0.3) is 0 Å². The Hall–Kier alpha value is -0.350. The molecular formula is C10H18BrN3. The van der Waals surface area contributed by atoms with Crippen molar-refractivity contribution in [2.75, 3.05) is 6.54 Å². The SMILES string of the molecule is CCCCNC(C)Cn1cc(Br)cn1. The van der Waals surface area contributed by atoms with Crippen LogP contribution >= 0.6 is 15.9 Å². The maximum absolute atomic E-state index is 4.21. The van der Waals surface area contributed by atoms with Gasteiger partial charge in [0.15, 0.2) is 0 Å². The first-order chi connectivity index (χ1) is 6.72. The molecule has 0 amide bonds. The second-order valence-electron chi connectivity index (χ2n) is 3.59. The lowest BCUT2D eigenvalue weighted by molar-refractivity contribution is 0.447. The summed E-state index contributed by atoms with van der Waals surface area (Å²) in [4.78, 5) is 0. The van der Waals surface area contributed by atoms with E-state index in [1.807, 2.05) is 17.1 Å². The molecule has 0 saturated heterocycles. The molecule has 1 atom stereocenters. The number of nitrogens with one attached hydrogen (secondary N) is 1. The summed E-state index contributed by atoms with van der Waals surface area (Å²) in [6.07, 6.45) is 6.30. The van der Waals surface area contributed by atoms with Gasteiger partial charge in [0.05, 0.1) is 17.2 Å². The summed E-state index contributed by atoms with van der Waals surface area (Å²) in [6, 6.07) is 0.480. The molecule has 14 heavy (non-hydrogen) atoms. The molecule has 1 N–H and O–H groups in total. The Balaban J connectivity index is 2.23. The molecule has 0 spiro atoms. The molecule has 4 heteroatoms. The van der Waals surface area contributed by atoms with Crippen molar-refractivity contribution in [2.45, 2.75) is 39.3 Å². The lowest BCUT2D eigenvalue weighted by Gasteiger charge is -2.13. The fraction of sp³-hybridized carbons (Fsp3) is 0.700. The average molecular weight is 260 g/mol. The first kappa shape index (κ1) is 11.7. The molecule has 1 aromatic heterocycles. The summed E-state index contributed by atoms with van der Waals surface area (Å²) in [5.41, 5.74) is 0. The molecule has 0 saturated carbocycles. The van der Waals surface area contributed by atoms with Crippen molar-refractivity contribution in [3.8, 4) is 0 Å². The topological polar surface area (TPSA) is 29.9 Å². The Bertz CT molecular complexity index is 260. The number of hydrogen-bond donors (Lipinski definition) is 1. The highest BCUT2D eigenvalue weighted by atomic mass is 79.9. The molecule has 0 aromatic carbocycles. The summed E-state index contributed by atoms with van der Waals surface area (Å²) >= 11 is 3.38. The van der Waals surface area contributed by atoms with Crippen LogP contribution in [0.5, 0.6) is 0 Å². The highest BCUT2D eigenvalue weighted by Gasteiger charge is 2.02. The van der Waals surface area contributed by atoms with Crippen LogP contribution in [0.3, 0.4) is 0 Å². The molecule has 0 aliphatic heterocycles. The van der Waals surface area contributed by atoms with Gasteiger partial charge in [-0.05, 0) is 35.8 Å². The molecule has 0 aliphatic carbocycles. The van der Waals surface area contributed by atoms with E-state index in [1.165, 1.54) is 12.8 Å². The average Bonchev–Trinajstić information content (AvgIpc) is 2.52. The van der Waals surface area contributed by atoms with E-state index in [4.69, 9.17) is 0 Å². The smallest absolute Gasteiger partial charge is 0.0632 e. The van der Waals surface area contributed by atoms with E-state index in [-0.39, 0.29) is 0 Å². The highest BCUT2D eigenvalue weighted by Crippen LogP contribution is 2.06. The third-order valence-corrected chi connectivity index (χ3v) is 2.50. The van der Waals surface area contributed by atoms with E-state index < -0.39 is 0 Å². The van der Waals surface area contributed by atoms with Crippen LogP contribution in [0, 0.1) is 0 Å². The lowest BCUT2D eigenvalue weighted by Crippen LogP contribution is -2.31. The minimum absolute atomic E-state index is 0.480. The van der Waals surface area contributed by atoms with Crippen molar-refractivity contribution in [2.24, 2.45) is 0 Å². The van der Waals surface area contributed by atoms with Gasteiger partial charge in [-0.25, -0.2) is 0 Å². The normalized spacial score (nSPS) is 13.1. The number of rotatable bonds is 6. The van der Waals surface area contributed by atoms with Crippen LogP contribution in [0.1, 0.15) is 26.7 Å². The number of hydrogen-bond acceptors (Lipinski definition) is 2. The second-order valence-corrected chi connectivity index (χ2v) is 4.50.